The third-order valence-electron chi connectivity index (χ3n) is 5.61. The summed E-state index contributed by atoms with van der Waals surface area (Å²) >= 11 is 0. The molecule has 5 N–H and O–H groups in total. The number of carbonyl (C=O) groups is 2. The van der Waals surface area contributed by atoms with E-state index in [1.54, 1.807) is 0 Å². The highest BCUT2D eigenvalue weighted by molar-refractivity contribution is 6.07. The first kappa shape index (κ1) is 19.1. The molecular weight excluding hydrogens is 342 g/mol. The quantitative estimate of drug-likeness (QED) is 0.593. The zero-order chi connectivity index (χ0) is 19.8. The van der Waals surface area contributed by atoms with Crippen LogP contribution in [-0.2, 0) is 16.0 Å². The molecule has 0 bridgehead atoms. The van der Waals surface area contributed by atoms with Crippen molar-refractivity contribution in [3.63, 3.8) is 0 Å². The number of fused-ring (bicyclic) bond motifs is 1. The number of carbonyl (C=O) groups excluding carboxylic acids is 2. The third kappa shape index (κ3) is 3.35. The largest absolute Gasteiger partial charge is 0.369 e. The van der Waals surface area contributed by atoms with Gasteiger partial charge in [0.05, 0.1) is 5.52 Å². The van der Waals surface area contributed by atoms with Crippen LogP contribution < -0.4 is 21.7 Å². The van der Waals surface area contributed by atoms with E-state index in [1.807, 2.05) is 39.2 Å². The lowest BCUT2D eigenvalue weighted by Gasteiger charge is -2.23. The highest BCUT2D eigenvalue weighted by Gasteiger charge is 2.63. The zero-order valence-corrected chi connectivity index (χ0v) is 16.1. The summed E-state index contributed by atoms with van der Waals surface area (Å²) in [6.45, 7) is 3.65. The van der Waals surface area contributed by atoms with Crippen LogP contribution in [0, 0.1) is 18.3 Å². The molecule has 1 saturated carbocycles. The van der Waals surface area contributed by atoms with Crippen LogP contribution in [0.3, 0.4) is 0 Å². The predicted octanol–water partition coefficient (Wildman–Crippen LogP) is 0.718. The number of rotatable bonds is 8. The van der Waals surface area contributed by atoms with Crippen molar-refractivity contribution in [2.24, 2.45) is 22.8 Å². The Morgan fingerprint density at radius 2 is 2.04 bits per heavy atom. The van der Waals surface area contributed by atoms with Crippen LogP contribution in [0.5, 0.6) is 0 Å². The van der Waals surface area contributed by atoms with Crippen molar-refractivity contribution < 1.29 is 9.59 Å². The molecule has 7 heteroatoms. The van der Waals surface area contributed by atoms with E-state index in [4.69, 9.17) is 16.5 Å². The van der Waals surface area contributed by atoms with Crippen molar-refractivity contribution in [3.8, 4) is 0 Å². The molecule has 1 aromatic heterocycles. The first-order valence-corrected chi connectivity index (χ1v) is 9.16. The second kappa shape index (κ2) is 7.15. The Bertz CT molecular complexity index is 881. The Morgan fingerprint density at radius 1 is 1.33 bits per heavy atom. The molecule has 0 aliphatic heterocycles. The second-order valence-electron chi connectivity index (χ2n) is 7.45. The molecule has 0 radical (unpaired) electrons. The van der Waals surface area contributed by atoms with Gasteiger partial charge in [-0.05, 0) is 49.9 Å². The molecule has 1 heterocycles. The maximum atomic E-state index is 11.8. The smallest absolute Gasteiger partial charge is 0.233 e. The molecular formula is C20H27N5O2. The monoisotopic (exact) mass is 369 g/mol. The van der Waals surface area contributed by atoms with Gasteiger partial charge in [0.1, 0.15) is 11.2 Å². The van der Waals surface area contributed by atoms with Crippen molar-refractivity contribution >= 4 is 28.5 Å². The van der Waals surface area contributed by atoms with Crippen molar-refractivity contribution in [1.82, 2.24) is 10.3 Å². The number of likely N-dealkylation sites (N-methyl/N-ethyl adjacent to an activating group) is 2. The number of pyridine rings is 1. The molecule has 0 spiro atoms. The minimum absolute atomic E-state index is 0.173. The zero-order valence-electron chi connectivity index (χ0n) is 16.1. The van der Waals surface area contributed by atoms with Gasteiger partial charge in [0.15, 0.2) is 0 Å². The average molecular weight is 369 g/mol. The van der Waals surface area contributed by atoms with E-state index in [-0.39, 0.29) is 5.92 Å². The lowest BCUT2D eigenvalue weighted by molar-refractivity contribution is -0.134. The van der Waals surface area contributed by atoms with E-state index < -0.39 is 17.2 Å². The van der Waals surface area contributed by atoms with E-state index in [0.717, 1.165) is 40.9 Å². The lowest BCUT2D eigenvalue weighted by Crippen LogP contribution is -2.39. The highest BCUT2D eigenvalue weighted by Crippen LogP contribution is 2.54. The van der Waals surface area contributed by atoms with E-state index in [0.29, 0.717) is 12.8 Å². The predicted molar refractivity (Wildman–Crippen MR) is 106 cm³/mol. The van der Waals surface area contributed by atoms with Gasteiger partial charge in [-0.25, -0.2) is 4.98 Å². The van der Waals surface area contributed by atoms with Crippen LogP contribution in [0.4, 0.5) is 5.82 Å². The van der Waals surface area contributed by atoms with E-state index in [2.05, 4.69) is 16.3 Å². The van der Waals surface area contributed by atoms with Crippen LogP contribution in [0.15, 0.2) is 24.3 Å². The van der Waals surface area contributed by atoms with Gasteiger partial charge in [-0.3, -0.25) is 9.59 Å². The van der Waals surface area contributed by atoms with Crippen molar-refractivity contribution in [2.75, 3.05) is 32.1 Å². The number of hydrogen-bond acceptors (Lipinski definition) is 5. The number of hydrogen-bond donors (Lipinski definition) is 3. The minimum Gasteiger partial charge on any atom is -0.369 e. The summed E-state index contributed by atoms with van der Waals surface area (Å²) in [5.41, 5.74) is 12.8. The molecule has 27 heavy (non-hydrogen) atoms. The van der Waals surface area contributed by atoms with Crippen LogP contribution in [0.1, 0.15) is 17.5 Å². The maximum Gasteiger partial charge on any atom is 0.233 e. The molecule has 3 rings (SSSR count). The fraction of sp³-hybridized carbons (Fsp3) is 0.450. The number of nitrogens with two attached hydrogens (primary N) is 2. The highest BCUT2D eigenvalue weighted by atomic mass is 16.2. The summed E-state index contributed by atoms with van der Waals surface area (Å²) in [5, 5.41) is 4.18. The van der Waals surface area contributed by atoms with E-state index in [9.17, 15) is 9.59 Å². The first-order valence-electron chi connectivity index (χ1n) is 9.16. The number of nitrogens with one attached hydrogen (secondary N) is 1. The number of nitrogens with zero attached hydrogens (tertiary/aromatic N) is 2. The van der Waals surface area contributed by atoms with Crippen LogP contribution in [0.25, 0.3) is 10.9 Å². The number of aryl methyl sites for hydroxylation is 1. The molecule has 144 valence electrons. The van der Waals surface area contributed by atoms with Crippen molar-refractivity contribution in [1.29, 1.82) is 0 Å². The van der Waals surface area contributed by atoms with E-state index >= 15 is 0 Å². The standard InChI is InChI=1S/C20H27N5O2/c1-12-5-4-6-13-9-14(10-15-11-20(15,18(21)26)19(22)27)17(24-16(12)13)25(3)8-7-23-2/h4-6,9,15,23H,7-8,10-11H2,1-3H3,(H2,21,26)(H2,22,27). The maximum absolute atomic E-state index is 11.8. The molecule has 1 unspecified atom stereocenters. The number of benzene rings is 1. The van der Waals surface area contributed by atoms with Crippen LogP contribution in [-0.4, -0.2) is 44.0 Å². The second-order valence-corrected chi connectivity index (χ2v) is 7.45. The van der Waals surface area contributed by atoms with Gasteiger partial charge in [0, 0.05) is 25.5 Å². The third-order valence-corrected chi connectivity index (χ3v) is 5.61. The SMILES string of the molecule is CNCCN(C)c1nc2c(C)cccc2cc1CC1CC1(C(N)=O)C(N)=O. The Kier molecular flexibility index (Phi) is 5.06. The molecule has 2 amide bonds. The topological polar surface area (TPSA) is 114 Å². The summed E-state index contributed by atoms with van der Waals surface area (Å²) in [7, 11) is 3.90. The summed E-state index contributed by atoms with van der Waals surface area (Å²) in [4.78, 5) is 30.7. The number of aromatic nitrogens is 1. The Morgan fingerprint density at radius 3 is 2.63 bits per heavy atom. The Balaban J connectivity index is 2.00. The molecule has 1 aromatic carbocycles. The van der Waals surface area contributed by atoms with Gasteiger partial charge in [-0.15, -0.1) is 0 Å². The van der Waals surface area contributed by atoms with Gasteiger partial charge in [-0.2, -0.15) is 0 Å². The minimum atomic E-state index is -1.22. The fourth-order valence-corrected chi connectivity index (χ4v) is 3.81. The van der Waals surface area contributed by atoms with E-state index in [1.165, 1.54) is 0 Å². The van der Waals surface area contributed by atoms with Crippen molar-refractivity contribution in [3.05, 3.63) is 35.4 Å². The first-order chi connectivity index (χ1) is 12.8. The summed E-state index contributed by atoms with van der Waals surface area (Å²) in [6.07, 6.45) is 0.950. The molecule has 7 nitrogen and oxygen atoms in total. The van der Waals surface area contributed by atoms with Crippen molar-refractivity contribution in [2.45, 2.75) is 19.8 Å². The van der Waals surface area contributed by atoms with Gasteiger partial charge >= 0.3 is 0 Å². The number of anilines is 1. The Labute approximate surface area is 159 Å². The number of para-hydroxylation sites is 1. The summed E-state index contributed by atoms with van der Waals surface area (Å²) in [6, 6.07) is 8.17. The van der Waals surface area contributed by atoms with Gasteiger partial charge < -0.3 is 21.7 Å². The summed E-state index contributed by atoms with van der Waals surface area (Å²) < 4.78 is 0. The molecule has 1 atom stereocenters. The van der Waals surface area contributed by atoms with Crippen LogP contribution >= 0.6 is 0 Å². The number of primary amides is 2. The van der Waals surface area contributed by atoms with Crippen LogP contribution in [0.2, 0.25) is 0 Å². The molecule has 1 fully saturated rings. The van der Waals surface area contributed by atoms with Gasteiger partial charge in [-0.1, -0.05) is 18.2 Å². The molecule has 2 aromatic rings. The molecule has 1 aliphatic rings. The normalized spacial score (nSPS) is 17.7. The fourth-order valence-electron chi connectivity index (χ4n) is 3.81. The molecule has 0 saturated heterocycles. The molecule has 1 aliphatic carbocycles. The van der Waals surface area contributed by atoms with Gasteiger partial charge in [0.2, 0.25) is 11.8 Å². The number of amides is 2. The Hall–Kier alpha value is -2.67. The van der Waals surface area contributed by atoms with Gasteiger partial charge in [0.25, 0.3) is 0 Å². The lowest BCUT2D eigenvalue weighted by atomic mass is 9.97. The summed E-state index contributed by atoms with van der Waals surface area (Å²) in [5.74, 6) is -0.570. The average Bonchev–Trinajstić information content (AvgIpc) is 3.35.